The lowest BCUT2D eigenvalue weighted by atomic mass is 9.97. The zero-order chi connectivity index (χ0) is 33.9. The Morgan fingerprint density at radius 2 is 1.52 bits per heavy atom. The smallest absolute Gasteiger partial charge is 0.243 e. The molecule has 2 amide bonds. The summed E-state index contributed by atoms with van der Waals surface area (Å²) in [6.45, 7) is 3.28. The second-order valence-corrected chi connectivity index (χ2v) is 12.3. The number of hydrogen-bond donors (Lipinski definition) is 4. The summed E-state index contributed by atoms with van der Waals surface area (Å²) in [6, 6.07) is 34.7. The molecule has 9 heteroatoms. The third-order valence-electron chi connectivity index (χ3n) is 8.97. The Balaban J connectivity index is 1.29. The first-order chi connectivity index (χ1) is 23.3. The molecule has 1 saturated heterocycles. The van der Waals surface area contributed by atoms with Crippen molar-refractivity contribution in [1.29, 1.82) is 0 Å². The summed E-state index contributed by atoms with van der Waals surface area (Å²) in [4.78, 5) is 25.9. The van der Waals surface area contributed by atoms with E-state index in [2.05, 4.69) is 60.6 Å². The number of amides is 2. The van der Waals surface area contributed by atoms with Gasteiger partial charge in [0.25, 0.3) is 0 Å². The van der Waals surface area contributed by atoms with Crippen molar-refractivity contribution in [3.8, 4) is 11.1 Å². The van der Waals surface area contributed by atoms with Gasteiger partial charge in [-0.05, 0) is 53.8 Å². The van der Waals surface area contributed by atoms with Gasteiger partial charge in [0, 0.05) is 44.0 Å². The fourth-order valence-corrected chi connectivity index (χ4v) is 6.02. The number of benzene rings is 4. The molecule has 0 aromatic heterocycles. The molecule has 0 unspecified atom stereocenters. The number of aliphatic hydroxyl groups is 1. The Bertz CT molecular complexity index is 1610. The molecule has 1 heterocycles. The number of aliphatic hydroxyl groups excluding tert-OH is 1. The molecule has 0 bridgehead atoms. The molecule has 9 nitrogen and oxygen atoms in total. The average molecular weight is 652 g/mol. The zero-order valence-corrected chi connectivity index (χ0v) is 27.5. The van der Waals surface area contributed by atoms with Gasteiger partial charge in [-0.2, -0.15) is 0 Å². The van der Waals surface area contributed by atoms with Crippen LogP contribution in [0, 0.1) is 0 Å². The first-order valence-corrected chi connectivity index (χ1v) is 16.5. The maximum atomic E-state index is 12.4. The van der Waals surface area contributed by atoms with Crippen LogP contribution in [0.2, 0.25) is 0 Å². The lowest BCUT2D eigenvalue weighted by Crippen LogP contribution is -2.38. The minimum atomic E-state index is -0.566. The lowest BCUT2D eigenvalue weighted by molar-refractivity contribution is -0.253. The van der Waals surface area contributed by atoms with Gasteiger partial charge >= 0.3 is 0 Å². The Morgan fingerprint density at radius 3 is 2.23 bits per heavy atom. The van der Waals surface area contributed by atoms with Crippen LogP contribution in [-0.2, 0) is 32.2 Å². The number of hydroxylamine groups is 1. The highest BCUT2D eigenvalue weighted by atomic mass is 16.7. The molecule has 0 radical (unpaired) electrons. The van der Waals surface area contributed by atoms with E-state index in [-0.39, 0.29) is 43.6 Å². The summed E-state index contributed by atoms with van der Waals surface area (Å²) >= 11 is 0. The van der Waals surface area contributed by atoms with Crippen molar-refractivity contribution in [2.75, 3.05) is 13.6 Å². The van der Waals surface area contributed by atoms with Gasteiger partial charge in [0.05, 0.1) is 18.8 Å². The third kappa shape index (κ3) is 9.37. The van der Waals surface area contributed by atoms with Gasteiger partial charge in [-0.3, -0.25) is 19.7 Å². The van der Waals surface area contributed by atoms with Crippen LogP contribution in [0.3, 0.4) is 0 Å². The molecule has 0 saturated carbocycles. The molecule has 4 atom stereocenters. The van der Waals surface area contributed by atoms with E-state index in [9.17, 15) is 14.7 Å². The number of carbonyl (C=O) groups excluding carboxylic acids is 2. The predicted octanol–water partition coefficient (Wildman–Crippen LogP) is 6.38. The molecule has 0 spiro atoms. The Hall–Kier alpha value is -4.38. The standard InChI is InChI=1S/C39H45N3O6/c1-27(29-9-4-3-5-10-29)42(2)25-34-23-36(31-17-15-28(26-43)16-18-31)48-39(47-34)32-21-19-30(20-22-32)35-12-7-6-11-33(35)24-40-37(44)13-8-14-38(45)41-46/h3-7,9-12,15-22,27,34,36,39,43,46H,8,13-14,23-26H2,1-2H3,(H,40,44)(H,41,45)/t27-,34+,36-,39-/m0/s1. The van der Waals surface area contributed by atoms with Gasteiger partial charge in [0.15, 0.2) is 6.29 Å². The summed E-state index contributed by atoms with van der Waals surface area (Å²) in [5.74, 6) is -0.662. The quantitative estimate of drug-likeness (QED) is 0.0923. The molecule has 252 valence electrons. The number of nitrogens with one attached hydrogen (secondary N) is 2. The molecule has 0 aliphatic carbocycles. The van der Waals surface area contributed by atoms with Crippen LogP contribution in [-0.4, -0.2) is 46.7 Å². The predicted molar refractivity (Wildman–Crippen MR) is 183 cm³/mol. The number of carbonyl (C=O) groups is 2. The van der Waals surface area contributed by atoms with Crippen molar-refractivity contribution < 1.29 is 29.4 Å². The minimum Gasteiger partial charge on any atom is -0.392 e. The van der Waals surface area contributed by atoms with E-state index in [0.29, 0.717) is 19.4 Å². The van der Waals surface area contributed by atoms with Gasteiger partial charge in [-0.1, -0.05) is 103 Å². The highest BCUT2D eigenvalue weighted by Crippen LogP contribution is 2.39. The molecule has 1 aliphatic rings. The van der Waals surface area contributed by atoms with Gasteiger partial charge < -0.3 is 19.9 Å². The fourth-order valence-electron chi connectivity index (χ4n) is 6.02. The van der Waals surface area contributed by atoms with Crippen LogP contribution < -0.4 is 10.8 Å². The van der Waals surface area contributed by atoms with Crippen molar-refractivity contribution in [3.63, 3.8) is 0 Å². The molecule has 4 aromatic carbocycles. The average Bonchev–Trinajstić information content (AvgIpc) is 3.14. The Kier molecular flexibility index (Phi) is 12.5. The summed E-state index contributed by atoms with van der Waals surface area (Å²) in [6.07, 6.45) is 0.511. The summed E-state index contributed by atoms with van der Waals surface area (Å²) in [7, 11) is 2.13. The summed E-state index contributed by atoms with van der Waals surface area (Å²) in [5.41, 5.74) is 8.64. The van der Waals surface area contributed by atoms with E-state index in [1.807, 2.05) is 66.7 Å². The van der Waals surface area contributed by atoms with Crippen LogP contribution in [0.15, 0.2) is 103 Å². The van der Waals surface area contributed by atoms with E-state index in [1.165, 1.54) is 5.56 Å². The number of ether oxygens (including phenoxy) is 2. The first kappa shape index (κ1) is 34.9. The highest BCUT2D eigenvalue weighted by Gasteiger charge is 2.33. The number of rotatable bonds is 14. The summed E-state index contributed by atoms with van der Waals surface area (Å²) < 4.78 is 13.2. The van der Waals surface area contributed by atoms with E-state index in [0.717, 1.165) is 39.9 Å². The molecule has 1 aliphatic heterocycles. The number of nitrogens with zero attached hydrogens (tertiary/aromatic N) is 1. The third-order valence-corrected chi connectivity index (χ3v) is 8.97. The van der Waals surface area contributed by atoms with Crippen LogP contribution in [0.1, 0.15) is 78.9 Å². The molecule has 5 rings (SSSR count). The molecule has 4 aromatic rings. The van der Waals surface area contributed by atoms with Crippen molar-refractivity contribution in [2.45, 2.75) is 70.3 Å². The monoisotopic (exact) mass is 651 g/mol. The van der Waals surface area contributed by atoms with Crippen molar-refractivity contribution >= 4 is 11.8 Å². The molecular formula is C39H45N3O6. The van der Waals surface area contributed by atoms with Crippen molar-refractivity contribution in [3.05, 3.63) is 131 Å². The summed E-state index contributed by atoms with van der Waals surface area (Å²) in [5, 5.41) is 21.1. The normalized spacial score (nSPS) is 18.3. The van der Waals surface area contributed by atoms with E-state index in [4.69, 9.17) is 14.7 Å². The SMILES string of the molecule is C[C@@H](c1ccccc1)N(C)C[C@H]1C[C@@H](c2ccc(CO)cc2)O[C@@H](c2ccc(-c3ccccc3CNC(=O)CCCC(=O)NO)cc2)O1. The Morgan fingerprint density at radius 1 is 0.854 bits per heavy atom. The van der Waals surface area contributed by atoms with Crippen LogP contribution in [0.5, 0.6) is 0 Å². The first-order valence-electron chi connectivity index (χ1n) is 16.5. The molecular weight excluding hydrogens is 606 g/mol. The van der Waals surface area contributed by atoms with E-state index in [1.54, 1.807) is 5.48 Å². The van der Waals surface area contributed by atoms with Crippen LogP contribution in [0.25, 0.3) is 11.1 Å². The topological polar surface area (TPSA) is 120 Å². The fraction of sp³-hybridized carbons (Fsp3) is 0.333. The van der Waals surface area contributed by atoms with E-state index < -0.39 is 12.2 Å². The minimum absolute atomic E-state index is 0.00428. The molecule has 48 heavy (non-hydrogen) atoms. The molecule has 1 fully saturated rings. The van der Waals surface area contributed by atoms with Crippen LogP contribution in [0.4, 0.5) is 0 Å². The van der Waals surface area contributed by atoms with Crippen molar-refractivity contribution in [1.82, 2.24) is 15.7 Å². The maximum absolute atomic E-state index is 12.4. The zero-order valence-electron chi connectivity index (χ0n) is 27.5. The maximum Gasteiger partial charge on any atom is 0.243 e. The van der Waals surface area contributed by atoms with Crippen molar-refractivity contribution in [2.24, 2.45) is 0 Å². The largest absolute Gasteiger partial charge is 0.392 e. The lowest BCUT2D eigenvalue weighted by Gasteiger charge is -2.39. The van der Waals surface area contributed by atoms with Gasteiger partial charge in [-0.25, -0.2) is 5.48 Å². The second kappa shape index (κ2) is 17.1. The second-order valence-electron chi connectivity index (χ2n) is 12.3. The van der Waals surface area contributed by atoms with Gasteiger partial charge in [0.2, 0.25) is 11.8 Å². The van der Waals surface area contributed by atoms with Crippen LogP contribution >= 0.6 is 0 Å². The number of hydrogen-bond acceptors (Lipinski definition) is 7. The highest BCUT2D eigenvalue weighted by molar-refractivity contribution is 5.78. The number of likely N-dealkylation sites (N-methyl/N-ethyl adjacent to an activating group) is 1. The van der Waals surface area contributed by atoms with Gasteiger partial charge in [-0.15, -0.1) is 0 Å². The van der Waals surface area contributed by atoms with Gasteiger partial charge in [0.1, 0.15) is 0 Å². The molecule has 4 N–H and O–H groups in total. The van der Waals surface area contributed by atoms with E-state index >= 15 is 0 Å². The Labute approximate surface area is 282 Å².